The molecular weight excluding hydrogens is 396 g/mol. The number of para-hydroxylation sites is 1. The van der Waals surface area contributed by atoms with Crippen molar-refractivity contribution in [2.45, 2.75) is 13.8 Å². The molecule has 0 atom stereocenters. The molecule has 0 unspecified atom stereocenters. The van der Waals surface area contributed by atoms with Gasteiger partial charge in [0.2, 0.25) is 0 Å². The Labute approximate surface area is 160 Å². The number of nitrogens with zero attached hydrogens (tertiary/aromatic N) is 1. The summed E-state index contributed by atoms with van der Waals surface area (Å²) in [6.45, 7) is 4.09. The largest absolute Gasteiger partial charge is 0.494 e. The standard InChI is InChI=1S/C20H19BrN2O3/c1-4-26-20(24)15-11-22-19-14(6-5-7-17(19)25-3)18(15)23-13-9-8-12(2)16(21)10-13/h5-11H,4H2,1-3H3,(H,22,23). The second kappa shape index (κ2) is 7.74. The van der Waals surface area contributed by atoms with Gasteiger partial charge < -0.3 is 14.8 Å². The minimum absolute atomic E-state index is 0.296. The Morgan fingerprint density at radius 2 is 2.08 bits per heavy atom. The number of nitrogens with one attached hydrogen (secondary N) is 1. The molecule has 0 radical (unpaired) electrons. The number of halogens is 1. The third-order valence-corrected chi connectivity index (χ3v) is 4.87. The minimum atomic E-state index is -0.418. The summed E-state index contributed by atoms with van der Waals surface area (Å²) in [6, 6.07) is 11.5. The molecule has 134 valence electrons. The van der Waals surface area contributed by atoms with Crippen molar-refractivity contribution in [3.8, 4) is 5.75 Å². The molecule has 1 aromatic heterocycles. The van der Waals surface area contributed by atoms with Crippen molar-refractivity contribution < 1.29 is 14.3 Å². The average molecular weight is 415 g/mol. The van der Waals surface area contributed by atoms with E-state index < -0.39 is 5.97 Å². The van der Waals surface area contributed by atoms with Crippen LogP contribution in [0.3, 0.4) is 0 Å². The van der Waals surface area contributed by atoms with Gasteiger partial charge in [-0.2, -0.15) is 0 Å². The van der Waals surface area contributed by atoms with Gasteiger partial charge >= 0.3 is 5.97 Å². The van der Waals surface area contributed by atoms with E-state index in [1.54, 1.807) is 14.0 Å². The fourth-order valence-electron chi connectivity index (χ4n) is 2.67. The molecule has 0 aliphatic heterocycles. The van der Waals surface area contributed by atoms with E-state index in [1.165, 1.54) is 6.20 Å². The van der Waals surface area contributed by atoms with Crippen LogP contribution >= 0.6 is 15.9 Å². The highest BCUT2D eigenvalue weighted by atomic mass is 79.9. The maximum atomic E-state index is 12.4. The molecule has 0 fully saturated rings. The molecule has 1 heterocycles. The molecule has 2 aromatic carbocycles. The van der Waals surface area contributed by atoms with E-state index in [1.807, 2.05) is 43.3 Å². The highest BCUT2D eigenvalue weighted by Crippen LogP contribution is 2.34. The van der Waals surface area contributed by atoms with Gasteiger partial charge in [-0.25, -0.2) is 4.79 Å². The second-order valence-electron chi connectivity index (χ2n) is 5.71. The van der Waals surface area contributed by atoms with E-state index in [-0.39, 0.29) is 0 Å². The predicted octanol–water partition coefficient (Wildman–Crippen LogP) is 5.23. The summed E-state index contributed by atoms with van der Waals surface area (Å²) in [5.74, 6) is 0.226. The minimum Gasteiger partial charge on any atom is -0.494 e. The molecule has 0 bridgehead atoms. The maximum Gasteiger partial charge on any atom is 0.341 e. The van der Waals surface area contributed by atoms with Gasteiger partial charge in [-0.05, 0) is 37.6 Å². The van der Waals surface area contributed by atoms with Crippen LogP contribution in [0, 0.1) is 6.92 Å². The van der Waals surface area contributed by atoms with Gasteiger partial charge in [0.1, 0.15) is 16.8 Å². The van der Waals surface area contributed by atoms with E-state index in [2.05, 4.69) is 26.2 Å². The average Bonchev–Trinajstić information content (AvgIpc) is 2.64. The number of ether oxygens (including phenoxy) is 2. The lowest BCUT2D eigenvalue weighted by Gasteiger charge is -2.16. The molecule has 0 saturated carbocycles. The molecule has 3 rings (SSSR count). The monoisotopic (exact) mass is 414 g/mol. The zero-order valence-corrected chi connectivity index (χ0v) is 16.4. The Bertz CT molecular complexity index is 973. The van der Waals surface area contributed by atoms with Crippen molar-refractivity contribution in [1.29, 1.82) is 0 Å². The van der Waals surface area contributed by atoms with Crippen LogP contribution in [0.25, 0.3) is 10.9 Å². The number of esters is 1. The second-order valence-corrected chi connectivity index (χ2v) is 6.57. The van der Waals surface area contributed by atoms with Crippen LogP contribution in [0.4, 0.5) is 11.4 Å². The fraction of sp³-hybridized carbons (Fsp3) is 0.200. The number of rotatable bonds is 5. The number of carbonyl (C=O) groups is 1. The highest BCUT2D eigenvalue weighted by molar-refractivity contribution is 9.10. The number of carbonyl (C=O) groups excluding carboxylic acids is 1. The first-order valence-electron chi connectivity index (χ1n) is 8.21. The van der Waals surface area contributed by atoms with E-state index in [4.69, 9.17) is 9.47 Å². The van der Waals surface area contributed by atoms with E-state index in [0.29, 0.717) is 29.1 Å². The van der Waals surface area contributed by atoms with Gasteiger partial charge in [0.15, 0.2) is 0 Å². The van der Waals surface area contributed by atoms with Crippen molar-refractivity contribution in [1.82, 2.24) is 4.98 Å². The smallest absolute Gasteiger partial charge is 0.341 e. The number of hydrogen-bond acceptors (Lipinski definition) is 5. The van der Waals surface area contributed by atoms with E-state index >= 15 is 0 Å². The van der Waals surface area contributed by atoms with Gasteiger partial charge in [0, 0.05) is 21.7 Å². The number of fused-ring (bicyclic) bond motifs is 1. The fourth-order valence-corrected chi connectivity index (χ4v) is 3.05. The van der Waals surface area contributed by atoms with Crippen LogP contribution in [0.2, 0.25) is 0 Å². The van der Waals surface area contributed by atoms with Crippen molar-refractivity contribution in [2.24, 2.45) is 0 Å². The van der Waals surface area contributed by atoms with E-state index in [9.17, 15) is 4.79 Å². The number of aromatic nitrogens is 1. The molecule has 0 spiro atoms. The van der Waals surface area contributed by atoms with Gasteiger partial charge in [-0.3, -0.25) is 4.98 Å². The zero-order chi connectivity index (χ0) is 18.7. The number of anilines is 2. The molecule has 6 heteroatoms. The Balaban J connectivity index is 2.19. The summed E-state index contributed by atoms with van der Waals surface area (Å²) in [4.78, 5) is 16.8. The zero-order valence-electron chi connectivity index (χ0n) is 14.8. The van der Waals surface area contributed by atoms with Crippen LogP contribution in [-0.2, 0) is 4.74 Å². The molecule has 1 N–H and O–H groups in total. The molecule has 0 aliphatic rings. The van der Waals surface area contributed by atoms with Crippen molar-refractivity contribution in [2.75, 3.05) is 19.0 Å². The third kappa shape index (κ3) is 3.51. The summed E-state index contributed by atoms with van der Waals surface area (Å²) in [7, 11) is 1.60. The molecule has 0 saturated heterocycles. The number of hydrogen-bond donors (Lipinski definition) is 1. The van der Waals surface area contributed by atoms with Gasteiger partial charge in [0.05, 0.1) is 19.4 Å². The van der Waals surface area contributed by atoms with Crippen LogP contribution < -0.4 is 10.1 Å². The number of benzene rings is 2. The quantitative estimate of drug-likeness (QED) is 0.578. The van der Waals surface area contributed by atoms with Crippen LogP contribution in [0.1, 0.15) is 22.8 Å². The van der Waals surface area contributed by atoms with Gasteiger partial charge in [0.25, 0.3) is 0 Å². The number of pyridine rings is 1. The molecular formula is C20H19BrN2O3. The molecule has 0 aliphatic carbocycles. The van der Waals surface area contributed by atoms with Crippen LogP contribution in [-0.4, -0.2) is 24.7 Å². The summed E-state index contributed by atoms with van der Waals surface area (Å²) < 4.78 is 11.6. The summed E-state index contributed by atoms with van der Waals surface area (Å²) in [6.07, 6.45) is 1.52. The van der Waals surface area contributed by atoms with Crippen LogP contribution in [0.5, 0.6) is 5.75 Å². The lowest BCUT2D eigenvalue weighted by atomic mass is 10.1. The Morgan fingerprint density at radius 3 is 2.77 bits per heavy atom. The van der Waals surface area contributed by atoms with Crippen molar-refractivity contribution in [3.63, 3.8) is 0 Å². The highest BCUT2D eigenvalue weighted by Gasteiger charge is 2.18. The van der Waals surface area contributed by atoms with Gasteiger partial charge in [-0.15, -0.1) is 0 Å². The SMILES string of the molecule is CCOC(=O)c1cnc2c(OC)cccc2c1Nc1ccc(C)c(Br)c1. The molecule has 0 amide bonds. The van der Waals surface area contributed by atoms with Crippen LogP contribution in [0.15, 0.2) is 47.1 Å². The Kier molecular flexibility index (Phi) is 5.42. The lowest BCUT2D eigenvalue weighted by molar-refractivity contribution is 0.0527. The Morgan fingerprint density at radius 1 is 1.27 bits per heavy atom. The maximum absolute atomic E-state index is 12.4. The Hall–Kier alpha value is -2.60. The molecule has 3 aromatic rings. The van der Waals surface area contributed by atoms with E-state index in [0.717, 1.165) is 21.1 Å². The first kappa shape index (κ1) is 18.2. The van der Waals surface area contributed by atoms with Gasteiger partial charge in [-0.1, -0.05) is 34.1 Å². The normalized spacial score (nSPS) is 10.6. The summed E-state index contributed by atoms with van der Waals surface area (Å²) in [5, 5.41) is 4.13. The number of methoxy groups -OCH3 is 1. The third-order valence-electron chi connectivity index (χ3n) is 4.02. The molecule has 5 nitrogen and oxygen atoms in total. The van der Waals surface area contributed by atoms with Crippen molar-refractivity contribution >= 4 is 44.2 Å². The molecule has 26 heavy (non-hydrogen) atoms. The summed E-state index contributed by atoms with van der Waals surface area (Å²) in [5.41, 5.74) is 3.68. The predicted molar refractivity (Wildman–Crippen MR) is 106 cm³/mol. The lowest BCUT2D eigenvalue weighted by Crippen LogP contribution is -2.09. The van der Waals surface area contributed by atoms with Crippen molar-refractivity contribution in [3.05, 3.63) is 58.2 Å². The first-order valence-corrected chi connectivity index (χ1v) is 9.00. The topological polar surface area (TPSA) is 60.5 Å². The first-order chi connectivity index (χ1) is 12.5. The summed E-state index contributed by atoms with van der Waals surface area (Å²) >= 11 is 3.54. The number of aryl methyl sites for hydroxylation is 1.